The van der Waals surface area contributed by atoms with Gasteiger partial charge in [0, 0.05) is 65.1 Å². The van der Waals surface area contributed by atoms with Crippen LogP contribution in [0, 0.1) is 6.92 Å². The van der Waals surface area contributed by atoms with E-state index >= 15 is 0 Å². The molecule has 1 aliphatic rings. The summed E-state index contributed by atoms with van der Waals surface area (Å²) in [6.45, 7) is 2.55. The van der Waals surface area contributed by atoms with Crippen LogP contribution in [0.2, 0.25) is 0 Å². The molecule has 0 aliphatic carbocycles. The summed E-state index contributed by atoms with van der Waals surface area (Å²) in [6, 6.07) is 5.38. The smallest absolute Gasteiger partial charge is 0.253 e. The monoisotopic (exact) mass is 363 g/mol. The Morgan fingerprint density at radius 2 is 2.12 bits per heavy atom. The minimum atomic E-state index is -1.17. The summed E-state index contributed by atoms with van der Waals surface area (Å²) in [5.41, 5.74) is 2.14. The van der Waals surface area contributed by atoms with E-state index in [0.717, 1.165) is 11.1 Å². The first-order valence-electron chi connectivity index (χ1n) is 7.88. The molecule has 0 radical (unpaired) electrons. The molecule has 2 heterocycles. The Labute approximate surface area is 148 Å². The minimum Gasteiger partial charge on any atom is -0.486 e. The maximum absolute atomic E-state index is 12.0. The molecule has 0 saturated carbocycles. The van der Waals surface area contributed by atoms with Gasteiger partial charge in [-0.1, -0.05) is 0 Å². The number of hydrogen-bond donors (Lipinski definition) is 0. The van der Waals surface area contributed by atoms with Gasteiger partial charge in [0.05, 0.1) is 6.61 Å². The molecule has 0 fully saturated rings. The van der Waals surface area contributed by atoms with Crippen molar-refractivity contribution >= 4 is 10.8 Å². The van der Waals surface area contributed by atoms with E-state index in [0.29, 0.717) is 35.2 Å². The number of aryl methyl sites for hydroxylation is 2. The van der Waals surface area contributed by atoms with Crippen LogP contribution in [0.3, 0.4) is 0 Å². The van der Waals surface area contributed by atoms with E-state index in [1.807, 2.05) is 12.1 Å². The van der Waals surface area contributed by atoms with E-state index < -0.39 is 10.8 Å². The lowest BCUT2D eigenvalue weighted by Crippen LogP contribution is -2.33. The Bertz CT molecular complexity index is 864. The van der Waals surface area contributed by atoms with Gasteiger partial charge in [0.1, 0.15) is 6.61 Å². The van der Waals surface area contributed by atoms with Crippen LogP contribution in [0.1, 0.15) is 5.56 Å². The topological polar surface area (TPSA) is 66.8 Å². The summed E-state index contributed by atoms with van der Waals surface area (Å²) in [4.78, 5) is 12.6. The first kappa shape index (κ1) is 17.7. The molecule has 1 aromatic heterocycles. The summed E-state index contributed by atoms with van der Waals surface area (Å²) in [6.07, 6.45) is 3.15. The number of rotatable bonds is 4. The fourth-order valence-electron chi connectivity index (χ4n) is 2.86. The van der Waals surface area contributed by atoms with Gasteiger partial charge in [-0.15, -0.1) is 0 Å². The zero-order valence-corrected chi connectivity index (χ0v) is 15.5. The number of methoxy groups -OCH3 is 1. The summed E-state index contributed by atoms with van der Waals surface area (Å²) in [5.74, 6) is 1.14. The van der Waals surface area contributed by atoms with Crippen LogP contribution < -0.4 is 15.0 Å². The second kappa shape index (κ2) is 7.01. The van der Waals surface area contributed by atoms with Gasteiger partial charge in [-0.25, -0.2) is 0 Å². The maximum Gasteiger partial charge on any atom is 0.253 e. The van der Waals surface area contributed by atoms with Crippen LogP contribution >= 0.6 is 0 Å². The van der Waals surface area contributed by atoms with Crippen molar-refractivity contribution in [3.05, 3.63) is 40.3 Å². The van der Waals surface area contributed by atoms with Crippen LogP contribution in [0.25, 0.3) is 11.1 Å². The zero-order chi connectivity index (χ0) is 18.1. The highest BCUT2D eigenvalue weighted by atomic mass is 32.2. The predicted molar refractivity (Wildman–Crippen MR) is 96.0 cm³/mol. The summed E-state index contributed by atoms with van der Waals surface area (Å²) < 4.78 is 30.6. The lowest BCUT2D eigenvalue weighted by Gasteiger charge is -2.28. The molecule has 0 amide bonds. The lowest BCUT2D eigenvalue weighted by atomic mass is 10.0. The maximum atomic E-state index is 12.0. The van der Waals surface area contributed by atoms with E-state index in [1.54, 1.807) is 39.6 Å². The largest absolute Gasteiger partial charge is 0.486 e. The molecule has 1 aromatic carbocycles. The summed E-state index contributed by atoms with van der Waals surface area (Å²) in [5, 5.41) is 0. The third-order valence-electron chi connectivity index (χ3n) is 4.10. The van der Waals surface area contributed by atoms with Gasteiger partial charge in [0.25, 0.3) is 5.56 Å². The van der Waals surface area contributed by atoms with E-state index in [2.05, 4.69) is 0 Å². The number of aromatic nitrogens is 1. The van der Waals surface area contributed by atoms with Gasteiger partial charge in [-0.05, 0) is 19.1 Å². The Kier molecular flexibility index (Phi) is 4.96. The van der Waals surface area contributed by atoms with Crippen molar-refractivity contribution in [2.24, 2.45) is 7.05 Å². The molecule has 0 N–H and O–H groups in total. The molecule has 134 valence electrons. The van der Waals surface area contributed by atoms with Gasteiger partial charge in [0.2, 0.25) is 0 Å². The number of pyridine rings is 1. The van der Waals surface area contributed by atoms with Crippen LogP contribution in [0.15, 0.2) is 34.1 Å². The average Bonchev–Trinajstić information content (AvgIpc) is 2.58. The molecular weight excluding hydrogens is 342 g/mol. The first-order chi connectivity index (χ1) is 11.9. The fraction of sp³-hybridized carbons (Fsp3) is 0.389. The molecule has 2 atom stereocenters. The Balaban J connectivity index is 2.19. The van der Waals surface area contributed by atoms with E-state index in [-0.39, 0.29) is 11.7 Å². The second-order valence-corrected chi connectivity index (χ2v) is 7.47. The number of ether oxygens (including phenoxy) is 3. The SMILES string of the molecule is COC[C@H]1COc2cc(S(C)=O)cc(-c3cc(C)c(=O)n(C)c3)c2O1. The molecular formula is C18H21NO5S. The fourth-order valence-corrected chi connectivity index (χ4v) is 3.42. The molecule has 0 saturated heterocycles. The first-order valence-corrected chi connectivity index (χ1v) is 9.44. The van der Waals surface area contributed by atoms with E-state index in [1.165, 1.54) is 4.57 Å². The van der Waals surface area contributed by atoms with Crippen molar-refractivity contribution in [1.82, 2.24) is 4.57 Å². The number of fused-ring (bicyclic) bond motifs is 1. The van der Waals surface area contributed by atoms with Crippen molar-refractivity contribution in [3.8, 4) is 22.6 Å². The highest BCUT2D eigenvalue weighted by Gasteiger charge is 2.26. The molecule has 2 aromatic rings. The molecule has 3 rings (SSSR count). The molecule has 25 heavy (non-hydrogen) atoms. The van der Waals surface area contributed by atoms with Crippen molar-refractivity contribution in [3.63, 3.8) is 0 Å². The molecule has 1 aliphatic heterocycles. The Hall–Kier alpha value is -2.12. The van der Waals surface area contributed by atoms with Gasteiger partial charge in [-0.3, -0.25) is 9.00 Å². The van der Waals surface area contributed by atoms with Crippen LogP contribution in [-0.2, 0) is 22.6 Å². The molecule has 1 unspecified atom stereocenters. The van der Waals surface area contributed by atoms with Crippen molar-refractivity contribution in [2.45, 2.75) is 17.9 Å². The number of benzene rings is 1. The van der Waals surface area contributed by atoms with Gasteiger partial charge >= 0.3 is 0 Å². The van der Waals surface area contributed by atoms with Crippen molar-refractivity contribution in [1.29, 1.82) is 0 Å². The van der Waals surface area contributed by atoms with Crippen LogP contribution in [-0.4, -0.2) is 41.5 Å². The van der Waals surface area contributed by atoms with Gasteiger partial charge < -0.3 is 18.8 Å². The highest BCUT2D eigenvalue weighted by Crippen LogP contribution is 2.42. The second-order valence-electron chi connectivity index (χ2n) is 6.09. The standard InChI is InChI=1S/C18H21NO5S/c1-11-5-12(8-19(2)18(11)20)15-6-14(25(4)21)7-16-17(15)24-13(9-22-3)10-23-16/h5-8,13H,9-10H2,1-4H3/t13-,25?/m0/s1. The Morgan fingerprint density at radius 1 is 1.36 bits per heavy atom. The number of nitrogens with zero attached hydrogens (tertiary/aromatic N) is 1. The van der Waals surface area contributed by atoms with Crippen molar-refractivity contribution < 1.29 is 18.4 Å². The van der Waals surface area contributed by atoms with Crippen LogP contribution in [0.4, 0.5) is 0 Å². The van der Waals surface area contributed by atoms with Crippen LogP contribution in [0.5, 0.6) is 11.5 Å². The summed E-state index contributed by atoms with van der Waals surface area (Å²) in [7, 11) is 2.15. The normalized spacial score (nSPS) is 17.4. The molecule has 7 heteroatoms. The molecule has 0 bridgehead atoms. The van der Waals surface area contributed by atoms with E-state index in [9.17, 15) is 9.00 Å². The third kappa shape index (κ3) is 3.48. The minimum absolute atomic E-state index is 0.0535. The lowest BCUT2D eigenvalue weighted by molar-refractivity contribution is 0.0275. The molecule has 6 nitrogen and oxygen atoms in total. The quantitative estimate of drug-likeness (QED) is 0.830. The highest BCUT2D eigenvalue weighted by molar-refractivity contribution is 7.84. The Morgan fingerprint density at radius 3 is 2.76 bits per heavy atom. The predicted octanol–water partition coefficient (Wildman–Crippen LogP) is 1.88. The van der Waals surface area contributed by atoms with E-state index in [4.69, 9.17) is 14.2 Å². The zero-order valence-electron chi connectivity index (χ0n) is 14.7. The number of hydrogen-bond acceptors (Lipinski definition) is 5. The average molecular weight is 363 g/mol. The van der Waals surface area contributed by atoms with Gasteiger partial charge in [0.15, 0.2) is 17.6 Å². The molecule has 0 spiro atoms. The third-order valence-corrected chi connectivity index (χ3v) is 5.00. The van der Waals surface area contributed by atoms with Gasteiger partial charge in [-0.2, -0.15) is 0 Å². The summed E-state index contributed by atoms with van der Waals surface area (Å²) >= 11 is 0. The van der Waals surface area contributed by atoms with Crippen molar-refractivity contribution in [2.75, 3.05) is 26.6 Å².